The Morgan fingerprint density at radius 2 is 2.29 bits per heavy atom. The molecule has 0 aliphatic rings. The van der Waals surface area contributed by atoms with Gasteiger partial charge in [0.2, 0.25) is 0 Å². The van der Waals surface area contributed by atoms with E-state index in [-0.39, 0.29) is 6.61 Å². The van der Waals surface area contributed by atoms with E-state index < -0.39 is 5.97 Å². The van der Waals surface area contributed by atoms with Crippen LogP contribution in [-0.2, 0) is 10.5 Å². The molecule has 0 aliphatic heterocycles. The maximum atomic E-state index is 11.6. The molecule has 0 unspecified atom stereocenters. The summed E-state index contributed by atoms with van der Waals surface area (Å²) in [7, 11) is 1.34. The van der Waals surface area contributed by atoms with E-state index in [4.69, 9.17) is 15.6 Å². The Balaban J connectivity index is 2.76. The molecule has 0 amide bonds. The van der Waals surface area contributed by atoms with E-state index in [1.165, 1.54) is 7.11 Å². The van der Waals surface area contributed by atoms with Gasteiger partial charge in [0.05, 0.1) is 12.7 Å². The molecule has 3 N–H and O–H groups in total. The highest BCUT2D eigenvalue weighted by atomic mass is 32.2. The molecule has 0 saturated carbocycles. The van der Waals surface area contributed by atoms with Gasteiger partial charge in [-0.3, -0.25) is 0 Å². The molecule has 0 saturated heterocycles. The summed E-state index contributed by atoms with van der Waals surface area (Å²) in [6.07, 6.45) is 0.751. The topological polar surface area (TPSA) is 72.5 Å². The number of esters is 1. The van der Waals surface area contributed by atoms with Gasteiger partial charge >= 0.3 is 5.97 Å². The number of thioether (sulfide) groups is 1. The number of anilines is 1. The maximum absolute atomic E-state index is 11.6. The molecule has 0 radical (unpaired) electrons. The fourth-order valence-corrected chi connectivity index (χ4v) is 2.38. The number of ether oxygens (including phenoxy) is 1. The van der Waals surface area contributed by atoms with Crippen molar-refractivity contribution in [3.05, 3.63) is 29.3 Å². The Hall–Kier alpha value is -1.20. The summed E-state index contributed by atoms with van der Waals surface area (Å²) < 4.78 is 4.72. The highest BCUT2D eigenvalue weighted by Gasteiger charge is 2.14. The van der Waals surface area contributed by atoms with Crippen LogP contribution in [0.1, 0.15) is 22.3 Å². The normalized spacial score (nSPS) is 10.2. The van der Waals surface area contributed by atoms with E-state index in [0.29, 0.717) is 17.0 Å². The predicted octanol–water partition coefficient (Wildman–Crippen LogP) is 1.67. The second-order valence-electron chi connectivity index (χ2n) is 3.50. The van der Waals surface area contributed by atoms with E-state index in [0.717, 1.165) is 17.7 Å². The maximum Gasteiger partial charge on any atom is 0.340 e. The number of carbonyl (C=O) groups is 1. The predicted molar refractivity (Wildman–Crippen MR) is 70.1 cm³/mol. The SMILES string of the molecule is COC(=O)c1c(N)cccc1CSCCCO. The van der Waals surface area contributed by atoms with Crippen molar-refractivity contribution in [3.8, 4) is 0 Å². The van der Waals surface area contributed by atoms with E-state index >= 15 is 0 Å². The van der Waals surface area contributed by atoms with E-state index in [2.05, 4.69) is 0 Å². The lowest BCUT2D eigenvalue weighted by atomic mass is 10.1. The highest BCUT2D eigenvalue weighted by Crippen LogP contribution is 2.22. The number of carbonyl (C=O) groups excluding carboxylic acids is 1. The molecule has 1 rings (SSSR count). The summed E-state index contributed by atoms with van der Waals surface area (Å²) in [4.78, 5) is 11.6. The summed E-state index contributed by atoms with van der Waals surface area (Å²) in [5, 5.41) is 8.68. The van der Waals surface area contributed by atoms with Gasteiger partial charge in [0, 0.05) is 18.0 Å². The zero-order valence-corrected chi connectivity index (χ0v) is 10.6. The molecule has 94 valence electrons. The molecule has 0 atom stereocenters. The van der Waals surface area contributed by atoms with Crippen LogP contribution in [0.25, 0.3) is 0 Å². The van der Waals surface area contributed by atoms with Gasteiger partial charge in [-0.05, 0) is 23.8 Å². The number of aliphatic hydroxyl groups is 1. The number of rotatable bonds is 6. The Kier molecular flexibility index (Phi) is 5.86. The number of nitrogens with two attached hydrogens (primary N) is 1. The average molecular weight is 255 g/mol. The van der Waals surface area contributed by atoms with Crippen molar-refractivity contribution in [3.63, 3.8) is 0 Å². The van der Waals surface area contributed by atoms with Gasteiger partial charge in [-0.1, -0.05) is 12.1 Å². The van der Waals surface area contributed by atoms with Crippen LogP contribution in [0.5, 0.6) is 0 Å². The van der Waals surface area contributed by atoms with Gasteiger partial charge in [-0.25, -0.2) is 4.79 Å². The van der Waals surface area contributed by atoms with Crippen molar-refractivity contribution in [2.75, 3.05) is 25.2 Å². The molecule has 0 spiro atoms. The van der Waals surface area contributed by atoms with Gasteiger partial charge < -0.3 is 15.6 Å². The molecule has 1 aromatic carbocycles. The van der Waals surface area contributed by atoms with E-state index in [9.17, 15) is 4.79 Å². The molecule has 1 aromatic rings. The number of hydrogen-bond donors (Lipinski definition) is 2. The van der Waals surface area contributed by atoms with Crippen molar-refractivity contribution in [1.82, 2.24) is 0 Å². The number of aliphatic hydroxyl groups excluding tert-OH is 1. The highest BCUT2D eigenvalue weighted by molar-refractivity contribution is 7.98. The Labute approximate surface area is 105 Å². The summed E-state index contributed by atoms with van der Waals surface area (Å²) in [6, 6.07) is 5.38. The van der Waals surface area contributed by atoms with Gasteiger partial charge in [0.15, 0.2) is 0 Å². The minimum absolute atomic E-state index is 0.188. The minimum atomic E-state index is -0.402. The fourth-order valence-electron chi connectivity index (χ4n) is 1.44. The number of hydrogen-bond acceptors (Lipinski definition) is 5. The molecule has 4 nitrogen and oxygen atoms in total. The molecule has 17 heavy (non-hydrogen) atoms. The smallest absolute Gasteiger partial charge is 0.340 e. The first kappa shape index (κ1) is 13.9. The molecule has 5 heteroatoms. The van der Waals surface area contributed by atoms with Crippen LogP contribution in [0.2, 0.25) is 0 Å². The number of nitrogen functional groups attached to an aromatic ring is 1. The first-order chi connectivity index (χ1) is 8.20. The molecule has 0 bridgehead atoms. The van der Waals surface area contributed by atoms with Gasteiger partial charge in [-0.15, -0.1) is 0 Å². The lowest BCUT2D eigenvalue weighted by Gasteiger charge is -2.10. The first-order valence-electron chi connectivity index (χ1n) is 5.35. The Bertz CT molecular complexity index is 382. The quantitative estimate of drug-likeness (QED) is 0.459. The summed E-state index contributed by atoms with van der Waals surface area (Å²) in [5.74, 6) is 1.14. The molecule has 0 aliphatic carbocycles. The Morgan fingerprint density at radius 1 is 1.53 bits per heavy atom. The molecular weight excluding hydrogens is 238 g/mol. The van der Waals surface area contributed by atoms with Crippen molar-refractivity contribution in [2.24, 2.45) is 0 Å². The van der Waals surface area contributed by atoms with Crippen LogP contribution in [0.4, 0.5) is 5.69 Å². The van der Waals surface area contributed by atoms with Crippen molar-refractivity contribution < 1.29 is 14.6 Å². The second-order valence-corrected chi connectivity index (χ2v) is 4.61. The monoisotopic (exact) mass is 255 g/mol. The van der Waals surface area contributed by atoms with Crippen molar-refractivity contribution in [1.29, 1.82) is 0 Å². The third kappa shape index (κ3) is 3.94. The van der Waals surface area contributed by atoms with Gasteiger partial charge in [0.1, 0.15) is 0 Å². The van der Waals surface area contributed by atoms with Crippen molar-refractivity contribution >= 4 is 23.4 Å². The van der Waals surface area contributed by atoms with Crippen LogP contribution in [0, 0.1) is 0 Å². The summed E-state index contributed by atoms with van der Waals surface area (Å²) in [6.45, 7) is 0.188. The average Bonchev–Trinajstić information content (AvgIpc) is 2.34. The molecular formula is C12H17NO3S. The lowest BCUT2D eigenvalue weighted by Crippen LogP contribution is -2.09. The second kappa shape index (κ2) is 7.19. The van der Waals surface area contributed by atoms with Crippen LogP contribution >= 0.6 is 11.8 Å². The van der Waals surface area contributed by atoms with Crippen LogP contribution in [0.3, 0.4) is 0 Å². The summed E-state index contributed by atoms with van der Waals surface area (Å²) in [5.41, 5.74) is 7.55. The zero-order valence-electron chi connectivity index (χ0n) is 9.81. The first-order valence-corrected chi connectivity index (χ1v) is 6.50. The molecule has 0 fully saturated rings. The largest absolute Gasteiger partial charge is 0.465 e. The van der Waals surface area contributed by atoms with Crippen molar-refractivity contribution in [2.45, 2.75) is 12.2 Å². The summed E-state index contributed by atoms with van der Waals surface area (Å²) >= 11 is 1.66. The number of methoxy groups -OCH3 is 1. The third-order valence-corrected chi connectivity index (χ3v) is 3.37. The van der Waals surface area contributed by atoms with Crippen LogP contribution in [0.15, 0.2) is 18.2 Å². The molecule has 0 heterocycles. The molecule has 0 aromatic heterocycles. The van der Waals surface area contributed by atoms with E-state index in [1.807, 2.05) is 12.1 Å². The number of benzene rings is 1. The minimum Gasteiger partial charge on any atom is -0.465 e. The standard InChI is InChI=1S/C12H17NO3S/c1-16-12(15)11-9(4-2-5-10(11)13)8-17-7-3-6-14/h2,4-5,14H,3,6-8,13H2,1H3. The zero-order chi connectivity index (χ0) is 12.7. The van der Waals surface area contributed by atoms with Gasteiger partial charge in [-0.2, -0.15) is 11.8 Å². The van der Waals surface area contributed by atoms with Crippen LogP contribution in [-0.4, -0.2) is 30.5 Å². The lowest BCUT2D eigenvalue weighted by molar-refractivity contribution is 0.0601. The van der Waals surface area contributed by atoms with Crippen LogP contribution < -0.4 is 5.73 Å². The van der Waals surface area contributed by atoms with E-state index in [1.54, 1.807) is 17.8 Å². The fraction of sp³-hybridized carbons (Fsp3) is 0.417. The van der Waals surface area contributed by atoms with Gasteiger partial charge in [0.25, 0.3) is 0 Å². The Morgan fingerprint density at radius 3 is 2.94 bits per heavy atom. The third-order valence-electron chi connectivity index (χ3n) is 2.28.